The van der Waals surface area contributed by atoms with E-state index in [1.54, 1.807) is 6.33 Å². The number of hydrogen-bond acceptors (Lipinski definition) is 6. The van der Waals surface area contributed by atoms with Gasteiger partial charge >= 0.3 is 0 Å². The van der Waals surface area contributed by atoms with Crippen LogP contribution >= 0.6 is 11.3 Å². The van der Waals surface area contributed by atoms with Crippen molar-refractivity contribution in [3.63, 3.8) is 0 Å². The molecule has 2 aliphatic rings. The molecule has 0 unspecified atom stereocenters. The summed E-state index contributed by atoms with van der Waals surface area (Å²) >= 11 is 1.90. The average molecular weight is 521 g/mol. The number of carbonyl (C=O) groups excluding carboxylic acids is 1. The molecule has 6 rings (SSSR count). The summed E-state index contributed by atoms with van der Waals surface area (Å²) in [6.07, 6.45) is 6.71. The molecule has 3 N–H and O–H groups in total. The second kappa shape index (κ2) is 8.92. The fraction of sp³-hybridized carbons (Fsp3) is 0.536. The van der Waals surface area contributed by atoms with Crippen LogP contribution < -0.4 is 5.73 Å². The molecule has 1 amide bonds. The zero-order chi connectivity index (χ0) is 26.1. The van der Waals surface area contributed by atoms with Crippen LogP contribution in [0.4, 0.5) is 0 Å². The lowest BCUT2D eigenvalue weighted by molar-refractivity contribution is -0.120. The van der Waals surface area contributed by atoms with Crippen molar-refractivity contribution in [3.05, 3.63) is 39.7 Å². The molecule has 37 heavy (non-hydrogen) atoms. The number of hydrogen-bond donors (Lipinski definition) is 2. The summed E-state index contributed by atoms with van der Waals surface area (Å²) in [5.41, 5.74) is 13.8. The highest BCUT2D eigenvalue weighted by Crippen LogP contribution is 2.49. The molecular formula is C28H36N6O2S. The Morgan fingerprint density at radius 1 is 1.24 bits per heavy atom. The number of amides is 1. The number of ether oxygens (including phenoxy) is 1. The minimum atomic E-state index is -0.252. The number of nitrogens with zero attached hydrogens (tertiary/aromatic N) is 4. The fourth-order valence-corrected chi connectivity index (χ4v) is 7.89. The van der Waals surface area contributed by atoms with E-state index in [-0.39, 0.29) is 11.5 Å². The quantitative estimate of drug-likeness (QED) is 0.393. The summed E-state index contributed by atoms with van der Waals surface area (Å²) in [6, 6.07) is 0. The Balaban J connectivity index is 1.34. The maximum atomic E-state index is 11.3. The first-order chi connectivity index (χ1) is 17.7. The first-order valence-corrected chi connectivity index (χ1v) is 14.1. The lowest BCUT2D eigenvalue weighted by Crippen LogP contribution is -2.46. The standard InChI is InChI=1S/C28H36N6O2S/c1-15(2)22-23-18(5)25(19-10-28(36-13-19)6-8-33(9-7-28)12-21(29)35)37-27(23)32-24(22)20-11-34-26(30-14-31-34)17(4)16(20)3/h11,14-15,19,32H,6-10,12-13H2,1-5H3,(H2,29,35)/t19-/m1/s1. The van der Waals surface area contributed by atoms with E-state index in [1.165, 1.54) is 43.0 Å². The van der Waals surface area contributed by atoms with E-state index in [4.69, 9.17) is 10.5 Å². The summed E-state index contributed by atoms with van der Waals surface area (Å²) in [5, 5.41) is 5.79. The smallest absolute Gasteiger partial charge is 0.231 e. The number of primary amides is 1. The Labute approximate surface area is 221 Å². The van der Waals surface area contributed by atoms with Gasteiger partial charge in [-0.3, -0.25) is 9.69 Å². The molecule has 6 heterocycles. The van der Waals surface area contributed by atoms with Crippen LogP contribution in [0, 0.1) is 20.8 Å². The van der Waals surface area contributed by atoms with Crippen LogP contribution in [0.25, 0.3) is 27.1 Å². The van der Waals surface area contributed by atoms with Gasteiger partial charge in [-0.1, -0.05) is 13.8 Å². The second-order valence-electron chi connectivity index (χ2n) is 11.3. The van der Waals surface area contributed by atoms with Gasteiger partial charge in [0.05, 0.1) is 24.4 Å². The van der Waals surface area contributed by atoms with Gasteiger partial charge in [-0.15, -0.1) is 11.3 Å². The third-order valence-electron chi connectivity index (χ3n) is 8.66. The predicted octanol–water partition coefficient (Wildman–Crippen LogP) is 4.81. The van der Waals surface area contributed by atoms with Crippen molar-refractivity contribution in [2.45, 2.75) is 71.3 Å². The number of rotatable bonds is 5. The van der Waals surface area contributed by atoms with E-state index in [9.17, 15) is 4.79 Å². The Kier molecular flexibility index (Phi) is 5.93. The van der Waals surface area contributed by atoms with Crippen molar-refractivity contribution in [3.8, 4) is 11.3 Å². The number of piperidine rings is 1. The zero-order valence-corrected chi connectivity index (χ0v) is 23.2. The molecule has 196 valence electrons. The van der Waals surface area contributed by atoms with E-state index in [2.05, 4.69) is 60.8 Å². The van der Waals surface area contributed by atoms with Crippen molar-refractivity contribution < 1.29 is 9.53 Å². The summed E-state index contributed by atoms with van der Waals surface area (Å²) in [5.74, 6) is 0.529. The topological polar surface area (TPSA) is 102 Å². The summed E-state index contributed by atoms with van der Waals surface area (Å²) in [4.78, 5) is 24.4. The minimum Gasteiger partial charge on any atom is -0.374 e. The monoisotopic (exact) mass is 520 g/mol. The molecule has 9 heteroatoms. The number of fused-ring (bicyclic) bond motifs is 2. The number of H-pyrrole nitrogens is 1. The van der Waals surface area contributed by atoms with Gasteiger partial charge in [0.15, 0.2) is 5.65 Å². The van der Waals surface area contributed by atoms with Crippen LogP contribution in [0.5, 0.6) is 0 Å². The molecule has 8 nitrogen and oxygen atoms in total. The van der Waals surface area contributed by atoms with Gasteiger partial charge in [0.2, 0.25) is 5.91 Å². The molecule has 2 saturated heterocycles. The van der Waals surface area contributed by atoms with Gasteiger partial charge in [-0.2, -0.15) is 5.10 Å². The van der Waals surface area contributed by atoms with E-state index in [0.29, 0.717) is 18.4 Å². The van der Waals surface area contributed by atoms with E-state index in [0.717, 1.165) is 50.2 Å². The molecule has 1 spiro atoms. The number of likely N-dealkylation sites (tertiary alicyclic amines) is 1. The van der Waals surface area contributed by atoms with Gasteiger partial charge in [-0.25, -0.2) is 9.50 Å². The van der Waals surface area contributed by atoms with Crippen molar-refractivity contribution >= 4 is 33.1 Å². The van der Waals surface area contributed by atoms with E-state index >= 15 is 0 Å². The van der Waals surface area contributed by atoms with Crippen LogP contribution in [-0.4, -0.2) is 62.2 Å². The minimum absolute atomic E-state index is 0.0726. The summed E-state index contributed by atoms with van der Waals surface area (Å²) in [6.45, 7) is 14.0. The van der Waals surface area contributed by atoms with Crippen LogP contribution in [0.15, 0.2) is 12.5 Å². The normalized spacial score (nSPS) is 20.2. The molecule has 0 radical (unpaired) electrons. The lowest BCUT2D eigenvalue weighted by atomic mass is 9.84. The van der Waals surface area contributed by atoms with Crippen molar-refractivity contribution in [1.29, 1.82) is 0 Å². The maximum absolute atomic E-state index is 11.3. The predicted molar refractivity (Wildman–Crippen MR) is 147 cm³/mol. The van der Waals surface area contributed by atoms with E-state index < -0.39 is 0 Å². The van der Waals surface area contributed by atoms with Crippen LogP contribution in [0.3, 0.4) is 0 Å². The van der Waals surface area contributed by atoms with Crippen molar-refractivity contribution in [1.82, 2.24) is 24.5 Å². The molecular weight excluding hydrogens is 484 g/mol. The van der Waals surface area contributed by atoms with Crippen molar-refractivity contribution in [2.24, 2.45) is 5.73 Å². The molecule has 2 aliphatic heterocycles. The first kappa shape index (κ1) is 24.6. The molecule has 0 bridgehead atoms. The van der Waals surface area contributed by atoms with Gasteiger partial charge in [-0.05, 0) is 68.2 Å². The van der Waals surface area contributed by atoms with Gasteiger partial charge in [0.25, 0.3) is 0 Å². The van der Waals surface area contributed by atoms with Crippen LogP contribution in [-0.2, 0) is 9.53 Å². The number of aromatic amines is 1. The number of pyridine rings is 1. The number of aromatic nitrogens is 4. The van der Waals surface area contributed by atoms with E-state index in [1.807, 2.05) is 15.9 Å². The lowest BCUT2D eigenvalue weighted by Gasteiger charge is -2.38. The SMILES string of the molecule is Cc1c(-c2[nH]c3sc([C@H]4COC5(CCN(CC(N)=O)CC5)C4)c(C)c3c2C(C)C)cn2ncnc2c1C. The highest BCUT2D eigenvalue weighted by molar-refractivity contribution is 7.19. The molecule has 4 aromatic rings. The van der Waals surface area contributed by atoms with Gasteiger partial charge < -0.3 is 15.5 Å². The van der Waals surface area contributed by atoms with Crippen molar-refractivity contribution in [2.75, 3.05) is 26.2 Å². The largest absolute Gasteiger partial charge is 0.374 e. The molecule has 0 aromatic carbocycles. The average Bonchev–Trinajstić information content (AvgIpc) is 3.62. The van der Waals surface area contributed by atoms with Gasteiger partial charge in [0, 0.05) is 41.0 Å². The molecule has 0 aliphatic carbocycles. The van der Waals surface area contributed by atoms with Crippen LogP contribution in [0.1, 0.15) is 72.1 Å². The summed E-state index contributed by atoms with van der Waals surface area (Å²) in [7, 11) is 0. The highest BCUT2D eigenvalue weighted by Gasteiger charge is 2.44. The second-order valence-corrected chi connectivity index (χ2v) is 12.4. The third kappa shape index (κ3) is 3.99. The first-order valence-electron chi connectivity index (χ1n) is 13.3. The number of aryl methyl sites for hydroxylation is 2. The number of nitrogens with one attached hydrogen (secondary N) is 1. The summed E-state index contributed by atoms with van der Waals surface area (Å²) < 4.78 is 8.39. The zero-order valence-electron chi connectivity index (χ0n) is 22.4. The van der Waals surface area contributed by atoms with Gasteiger partial charge in [0.1, 0.15) is 11.2 Å². The maximum Gasteiger partial charge on any atom is 0.231 e. The molecule has 1 atom stereocenters. The number of carbonyl (C=O) groups is 1. The molecule has 4 aromatic heterocycles. The Hall–Kier alpha value is -2.75. The number of thiophene rings is 1. The highest BCUT2D eigenvalue weighted by atomic mass is 32.1. The third-order valence-corrected chi connectivity index (χ3v) is 10.0. The Bertz CT molecular complexity index is 1500. The van der Waals surface area contributed by atoms with Crippen LogP contribution in [0.2, 0.25) is 0 Å². The Morgan fingerprint density at radius 3 is 2.70 bits per heavy atom. The molecule has 2 fully saturated rings. The fourth-order valence-electron chi connectivity index (χ4n) is 6.58. The number of nitrogens with two attached hydrogens (primary N) is 1. The molecule has 0 saturated carbocycles. The Morgan fingerprint density at radius 2 is 2.00 bits per heavy atom.